The summed E-state index contributed by atoms with van der Waals surface area (Å²) in [5.41, 5.74) is 7.40. The first kappa shape index (κ1) is 20.8. The van der Waals surface area contributed by atoms with Crippen LogP contribution in [0.5, 0.6) is 11.5 Å². The fraction of sp³-hybridized carbons (Fsp3) is 0.364. The molecular formula is C22H26N2O5. The van der Waals surface area contributed by atoms with E-state index in [0.717, 1.165) is 17.5 Å². The van der Waals surface area contributed by atoms with Crippen molar-refractivity contribution in [3.8, 4) is 22.6 Å². The van der Waals surface area contributed by atoms with Crippen molar-refractivity contribution in [3.05, 3.63) is 48.0 Å². The molecule has 0 spiro atoms. The van der Waals surface area contributed by atoms with E-state index in [-0.39, 0.29) is 6.04 Å². The van der Waals surface area contributed by atoms with Gasteiger partial charge in [-0.25, -0.2) is 0 Å². The van der Waals surface area contributed by atoms with E-state index >= 15 is 0 Å². The van der Waals surface area contributed by atoms with Crippen LogP contribution in [0.2, 0.25) is 0 Å². The van der Waals surface area contributed by atoms with Gasteiger partial charge in [-0.2, -0.15) is 0 Å². The molecule has 2 unspecified atom stereocenters. The van der Waals surface area contributed by atoms with E-state index in [1.807, 2.05) is 42.2 Å². The second kappa shape index (κ2) is 8.23. The van der Waals surface area contributed by atoms with Gasteiger partial charge in [-0.15, -0.1) is 0 Å². The molecule has 3 atom stereocenters. The molecule has 3 rings (SSSR count). The normalized spacial score (nSPS) is 19.5. The number of nitrogens with zero attached hydrogens (tertiary/aromatic N) is 1. The van der Waals surface area contributed by atoms with E-state index in [2.05, 4.69) is 0 Å². The summed E-state index contributed by atoms with van der Waals surface area (Å²) in [7, 11) is 3.18. The van der Waals surface area contributed by atoms with Gasteiger partial charge in [0.15, 0.2) is 0 Å². The molecule has 0 bridgehead atoms. The molecule has 1 heterocycles. The average Bonchev–Trinajstić information content (AvgIpc) is 2.72. The number of methoxy groups -OCH3 is 2. The maximum absolute atomic E-state index is 11.8. The Labute approximate surface area is 170 Å². The quantitative estimate of drug-likeness (QED) is 0.520. The molecular weight excluding hydrogens is 372 g/mol. The highest BCUT2D eigenvalue weighted by Crippen LogP contribution is 2.41. The number of likely N-dealkylation sites (tertiary alicyclic amines) is 1. The van der Waals surface area contributed by atoms with Crippen LogP contribution in [0.25, 0.3) is 11.1 Å². The van der Waals surface area contributed by atoms with Crippen LogP contribution >= 0.6 is 0 Å². The van der Waals surface area contributed by atoms with Gasteiger partial charge < -0.3 is 25.1 Å². The minimum Gasteiger partial charge on any atom is -0.496 e. The number of aliphatic carboxylic acids is 1. The monoisotopic (exact) mass is 398 g/mol. The van der Waals surface area contributed by atoms with E-state index in [1.54, 1.807) is 26.4 Å². The highest BCUT2D eigenvalue weighted by Gasteiger charge is 2.50. The molecule has 1 fully saturated rings. The number of nitrogens with two attached hydrogens (primary N) is 1. The van der Waals surface area contributed by atoms with Gasteiger partial charge in [0.1, 0.15) is 29.4 Å². The van der Waals surface area contributed by atoms with Crippen LogP contribution in [0.3, 0.4) is 0 Å². The fourth-order valence-electron chi connectivity index (χ4n) is 3.98. The van der Waals surface area contributed by atoms with E-state index in [0.29, 0.717) is 29.9 Å². The lowest BCUT2D eigenvalue weighted by molar-refractivity contribution is -0.155. The predicted molar refractivity (Wildman–Crippen MR) is 109 cm³/mol. The molecule has 29 heavy (non-hydrogen) atoms. The lowest BCUT2D eigenvalue weighted by atomic mass is 9.81. The third kappa shape index (κ3) is 3.47. The Morgan fingerprint density at radius 2 is 1.79 bits per heavy atom. The van der Waals surface area contributed by atoms with Gasteiger partial charge in [0, 0.05) is 12.6 Å². The van der Waals surface area contributed by atoms with Gasteiger partial charge in [-0.3, -0.25) is 9.69 Å². The zero-order valence-electron chi connectivity index (χ0n) is 16.8. The van der Waals surface area contributed by atoms with Gasteiger partial charge in [-0.1, -0.05) is 30.3 Å². The summed E-state index contributed by atoms with van der Waals surface area (Å²) < 4.78 is 10.9. The van der Waals surface area contributed by atoms with Crippen LogP contribution in [0.4, 0.5) is 0 Å². The first-order chi connectivity index (χ1) is 13.9. The smallest absolute Gasteiger partial charge is 0.317 e. The van der Waals surface area contributed by atoms with Crippen molar-refractivity contribution in [2.45, 2.75) is 25.0 Å². The summed E-state index contributed by atoms with van der Waals surface area (Å²) in [5, 5.41) is 9.62. The minimum absolute atomic E-state index is 0.0933. The Morgan fingerprint density at radius 3 is 2.17 bits per heavy atom. The molecule has 2 aromatic carbocycles. The van der Waals surface area contributed by atoms with Gasteiger partial charge in [0.05, 0.1) is 19.8 Å². The molecule has 2 aromatic rings. The second-order valence-corrected chi connectivity index (χ2v) is 7.22. The first-order valence-corrected chi connectivity index (χ1v) is 9.44. The van der Waals surface area contributed by atoms with Crippen LogP contribution in [0.15, 0.2) is 42.5 Å². The van der Waals surface area contributed by atoms with Gasteiger partial charge in [0.25, 0.3) is 0 Å². The maximum atomic E-state index is 11.8. The number of carbonyl (C=O) groups excluding carboxylic acids is 1. The van der Waals surface area contributed by atoms with Crippen LogP contribution in [-0.4, -0.2) is 49.1 Å². The lowest BCUT2D eigenvalue weighted by Crippen LogP contribution is -2.67. The second-order valence-electron chi connectivity index (χ2n) is 7.22. The van der Waals surface area contributed by atoms with Crippen molar-refractivity contribution < 1.29 is 24.2 Å². The third-order valence-corrected chi connectivity index (χ3v) is 5.74. The Kier molecular flexibility index (Phi) is 5.91. The zero-order valence-corrected chi connectivity index (χ0v) is 16.8. The standard InChI is InChI=1S/C22H26N2O5/c1-14-11-12-24(14)22(23,17(13-25)21(26)27)16-9-7-15(8-10-16)20-18(28-2)5-4-6-19(20)29-3/h4-10,13-14,17H,11-12,23H2,1-3H3,(H,26,27)/t14-,17?,22?/m0/s1. The molecule has 7 heteroatoms. The Morgan fingerprint density at radius 1 is 1.21 bits per heavy atom. The molecule has 1 aliphatic heterocycles. The number of carboxylic acids is 1. The summed E-state index contributed by atoms with van der Waals surface area (Å²) in [6.45, 7) is 2.61. The van der Waals surface area contributed by atoms with E-state index in [1.165, 1.54) is 0 Å². The van der Waals surface area contributed by atoms with E-state index in [9.17, 15) is 14.7 Å². The Bertz CT molecular complexity index is 876. The largest absolute Gasteiger partial charge is 0.496 e. The number of rotatable bonds is 8. The third-order valence-electron chi connectivity index (χ3n) is 5.74. The number of carbonyl (C=O) groups is 2. The Hall–Kier alpha value is -2.90. The van der Waals surface area contributed by atoms with Crippen LogP contribution in [0, 0.1) is 5.92 Å². The van der Waals surface area contributed by atoms with Crippen molar-refractivity contribution in [2.24, 2.45) is 11.7 Å². The average molecular weight is 398 g/mol. The molecule has 0 aliphatic carbocycles. The molecule has 0 radical (unpaired) electrons. The molecule has 0 aromatic heterocycles. The SMILES string of the molecule is COc1cccc(OC)c1-c1ccc(C(N)(C(C=O)C(=O)O)N2CC[C@@H]2C)cc1. The van der Waals surface area contributed by atoms with E-state index < -0.39 is 17.6 Å². The lowest BCUT2D eigenvalue weighted by Gasteiger charge is -2.52. The number of benzene rings is 2. The molecule has 7 nitrogen and oxygen atoms in total. The van der Waals surface area contributed by atoms with Gasteiger partial charge in [-0.05, 0) is 36.6 Å². The topological polar surface area (TPSA) is 102 Å². The van der Waals surface area contributed by atoms with Crippen molar-refractivity contribution in [3.63, 3.8) is 0 Å². The van der Waals surface area contributed by atoms with Crippen LogP contribution < -0.4 is 15.2 Å². The predicted octanol–water partition coefficient (Wildman–Crippen LogP) is 2.48. The van der Waals surface area contributed by atoms with E-state index in [4.69, 9.17) is 15.2 Å². The van der Waals surface area contributed by atoms with Gasteiger partial charge in [0.2, 0.25) is 0 Å². The molecule has 1 saturated heterocycles. The molecule has 1 aliphatic rings. The Balaban J connectivity index is 2.08. The highest BCUT2D eigenvalue weighted by molar-refractivity contribution is 5.88. The molecule has 0 saturated carbocycles. The first-order valence-electron chi connectivity index (χ1n) is 9.44. The van der Waals surface area contributed by atoms with Crippen LogP contribution in [-0.2, 0) is 15.3 Å². The summed E-state index contributed by atoms with van der Waals surface area (Å²) in [6.07, 6.45) is 1.32. The summed E-state index contributed by atoms with van der Waals surface area (Å²) in [5.74, 6) is -1.30. The van der Waals surface area contributed by atoms with Crippen molar-refractivity contribution in [2.75, 3.05) is 20.8 Å². The molecule has 0 amide bonds. The number of carboxylic acid groups (broad SMARTS) is 1. The number of ether oxygens (including phenoxy) is 2. The fourth-order valence-corrected chi connectivity index (χ4v) is 3.98. The number of aldehydes is 1. The maximum Gasteiger partial charge on any atom is 0.317 e. The molecule has 3 N–H and O–H groups in total. The van der Waals surface area contributed by atoms with Crippen molar-refractivity contribution in [1.29, 1.82) is 0 Å². The summed E-state index contributed by atoms with van der Waals surface area (Å²) in [4.78, 5) is 25.3. The summed E-state index contributed by atoms with van der Waals surface area (Å²) in [6, 6.07) is 12.8. The van der Waals surface area contributed by atoms with Gasteiger partial charge >= 0.3 is 5.97 Å². The summed E-state index contributed by atoms with van der Waals surface area (Å²) >= 11 is 0. The van der Waals surface area contributed by atoms with Crippen molar-refractivity contribution in [1.82, 2.24) is 4.90 Å². The van der Waals surface area contributed by atoms with Crippen molar-refractivity contribution >= 4 is 12.3 Å². The number of hydrogen-bond donors (Lipinski definition) is 2. The minimum atomic E-state index is -1.42. The van der Waals surface area contributed by atoms with Crippen LogP contribution in [0.1, 0.15) is 18.9 Å². The molecule has 154 valence electrons. The highest BCUT2D eigenvalue weighted by atomic mass is 16.5. The zero-order chi connectivity index (χ0) is 21.2. The number of hydrogen-bond acceptors (Lipinski definition) is 6.